The molecule has 0 aliphatic carbocycles. The summed E-state index contributed by atoms with van der Waals surface area (Å²) in [6.07, 6.45) is 4.43. The third kappa shape index (κ3) is 5.11. The molecule has 2 nitrogen and oxygen atoms in total. The van der Waals surface area contributed by atoms with E-state index < -0.39 is 0 Å². The van der Waals surface area contributed by atoms with Crippen molar-refractivity contribution in [3.63, 3.8) is 0 Å². The maximum Gasteiger partial charge on any atom is 0.117 e. The van der Waals surface area contributed by atoms with Gasteiger partial charge in [0.2, 0.25) is 0 Å². The van der Waals surface area contributed by atoms with E-state index in [0.29, 0.717) is 5.76 Å². The molecule has 3 N–H and O–H groups in total. The minimum absolute atomic E-state index is 0.687. The van der Waals surface area contributed by atoms with E-state index in [0.717, 1.165) is 13.0 Å². The summed E-state index contributed by atoms with van der Waals surface area (Å²) >= 11 is 0. The van der Waals surface area contributed by atoms with Gasteiger partial charge in [-0.2, -0.15) is 0 Å². The van der Waals surface area contributed by atoms with Crippen molar-refractivity contribution in [2.75, 3.05) is 6.61 Å². The van der Waals surface area contributed by atoms with Gasteiger partial charge in [-0.3, -0.25) is 0 Å². The predicted molar refractivity (Wildman–Crippen MR) is 37.4 cm³/mol. The molecular weight excluding hydrogens is 114 g/mol. The topological polar surface area (TPSA) is 36.9 Å². The lowest BCUT2D eigenvalue weighted by molar-refractivity contribution is -0.275. The van der Waals surface area contributed by atoms with Crippen LogP contribution >= 0.6 is 0 Å². The summed E-state index contributed by atoms with van der Waals surface area (Å²) < 4.78 is 5.11. The molecule has 0 aromatic heterocycles. The molecule has 0 amide bonds. The van der Waals surface area contributed by atoms with Crippen LogP contribution in [0.25, 0.3) is 0 Å². The second kappa shape index (κ2) is 5.38. The van der Waals surface area contributed by atoms with Crippen molar-refractivity contribution in [2.45, 2.75) is 13.3 Å². The van der Waals surface area contributed by atoms with Gasteiger partial charge >= 0.3 is 0 Å². The summed E-state index contributed by atoms with van der Waals surface area (Å²) in [6, 6.07) is 0. The molecular formula is C7H14NO+. The van der Waals surface area contributed by atoms with E-state index >= 15 is 0 Å². The zero-order valence-corrected chi connectivity index (χ0v) is 5.89. The molecule has 0 radical (unpaired) electrons. The summed E-state index contributed by atoms with van der Waals surface area (Å²) in [7, 11) is 0. The van der Waals surface area contributed by atoms with Crippen LogP contribution in [0, 0.1) is 0 Å². The summed E-state index contributed by atoms with van der Waals surface area (Å²) in [4.78, 5) is 0. The Morgan fingerprint density at radius 3 is 2.89 bits per heavy atom. The van der Waals surface area contributed by atoms with Gasteiger partial charge in [0.15, 0.2) is 0 Å². The second-order valence-electron chi connectivity index (χ2n) is 1.72. The molecule has 0 aromatic rings. The first-order valence-electron chi connectivity index (χ1n) is 3.08. The lowest BCUT2D eigenvalue weighted by atomic mass is 10.5. The minimum atomic E-state index is 0.687. The fourth-order valence-corrected chi connectivity index (χ4v) is 0.413. The highest BCUT2D eigenvalue weighted by molar-refractivity contribution is 5.03. The molecule has 0 aromatic carbocycles. The summed E-state index contributed by atoms with van der Waals surface area (Å²) in [6.45, 7) is 6.43. The zero-order chi connectivity index (χ0) is 7.11. The van der Waals surface area contributed by atoms with Crippen molar-refractivity contribution < 1.29 is 10.5 Å². The van der Waals surface area contributed by atoms with E-state index in [4.69, 9.17) is 4.74 Å². The Bertz CT molecular complexity index is 107. The standard InChI is InChI=1S/C7H13NO/c1-3-6-9-7(2)4-5-8/h4-5H,2-3,6,8H2,1H3/p+1/b5-4+. The number of hydrogen-bond acceptors (Lipinski definition) is 1. The Morgan fingerprint density at radius 1 is 1.78 bits per heavy atom. The van der Waals surface area contributed by atoms with Gasteiger partial charge in [-0.25, -0.2) is 0 Å². The SMILES string of the molecule is C=C(/C=C/[NH3+])OCCC. The van der Waals surface area contributed by atoms with E-state index in [1.165, 1.54) is 0 Å². The quantitative estimate of drug-likeness (QED) is 0.439. The van der Waals surface area contributed by atoms with Crippen molar-refractivity contribution in [1.29, 1.82) is 0 Å². The number of rotatable bonds is 4. The Hall–Kier alpha value is -0.760. The lowest BCUT2D eigenvalue weighted by Crippen LogP contribution is -2.39. The molecule has 0 aliphatic rings. The maximum atomic E-state index is 5.11. The highest BCUT2D eigenvalue weighted by Crippen LogP contribution is 1.94. The van der Waals surface area contributed by atoms with Crippen molar-refractivity contribution in [3.8, 4) is 0 Å². The molecule has 0 atom stereocenters. The molecule has 0 saturated carbocycles. The van der Waals surface area contributed by atoms with Crippen molar-refractivity contribution >= 4 is 0 Å². The third-order valence-electron chi connectivity index (χ3n) is 0.795. The van der Waals surface area contributed by atoms with Crippen LogP contribution in [-0.2, 0) is 4.74 Å². The number of quaternary nitrogens is 1. The predicted octanol–water partition coefficient (Wildman–Crippen LogP) is 0.682. The van der Waals surface area contributed by atoms with Gasteiger partial charge in [-0.15, -0.1) is 0 Å². The molecule has 0 bridgehead atoms. The van der Waals surface area contributed by atoms with Gasteiger partial charge in [-0.05, 0) is 6.42 Å². The molecule has 0 saturated heterocycles. The van der Waals surface area contributed by atoms with E-state index in [9.17, 15) is 0 Å². The Kier molecular flexibility index (Phi) is 4.92. The minimum Gasteiger partial charge on any atom is -0.494 e. The lowest BCUT2D eigenvalue weighted by Gasteiger charge is -2.00. The van der Waals surface area contributed by atoms with Crippen LogP contribution in [-0.4, -0.2) is 6.61 Å². The summed E-state index contributed by atoms with van der Waals surface area (Å²) in [5.41, 5.74) is 3.51. The van der Waals surface area contributed by atoms with Crippen molar-refractivity contribution in [3.05, 3.63) is 24.6 Å². The van der Waals surface area contributed by atoms with Crippen LogP contribution < -0.4 is 5.73 Å². The first-order chi connectivity index (χ1) is 4.31. The van der Waals surface area contributed by atoms with Crippen LogP contribution in [0.1, 0.15) is 13.3 Å². The van der Waals surface area contributed by atoms with Gasteiger partial charge < -0.3 is 10.5 Å². The van der Waals surface area contributed by atoms with Gasteiger partial charge in [-0.1, -0.05) is 13.5 Å². The Labute approximate surface area is 56.0 Å². The molecule has 0 aliphatic heterocycles. The van der Waals surface area contributed by atoms with Gasteiger partial charge in [0.25, 0.3) is 0 Å². The summed E-state index contributed by atoms with van der Waals surface area (Å²) in [5, 5.41) is 0. The fraction of sp³-hybridized carbons (Fsp3) is 0.429. The van der Waals surface area contributed by atoms with E-state index in [1.54, 1.807) is 12.3 Å². The van der Waals surface area contributed by atoms with Crippen LogP contribution in [0.5, 0.6) is 0 Å². The van der Waals surface area contributed by atoms with Gasteiger partial charge in [0.05, 0.1) is 12.8 Å². The molecule has 0 unspecified atom stereocenters. The number of ether oxygens (including phenoxy) is 1. The molecule has 0 fully saturated rings. The van der Waals surface area contributed by atoms with Crippen molar-refractivity contribution in [2.24, 2.45) is 0 Å². The largest absolute Gasteiger partial charge is 0.494 e. The highest BCUT2D eigenvalue weighted by atomic mass is 16.5. The monoisotopic (exact) mass is 128 g/mol. The van der Waals surface area contributed by atoms with E-state index in [2.05, 4.69) is 19.2 Å². The second-order valence-corrected chi connectivity index (χ2v) is 1.72. The van der Waals surface area contributed by atoms with E-state index in [1.807, 2.05) is 0 Å². The highest BCUT2D eigenvalue weighted by Gasteiger charge is 1.84. The molecule has 0 rings (SSSR count). The van der Waals surface area contributed by atoms with Crippen LogP contribution in [0.15, 0.2) is 24.6 Å². The molecule has 0 spiro atoms. The van der Waals surface area contributed by atoms with Crippen molar-refractivity contribution in [1.82, 2.24) is 0 Å². The maximum absolute atomic E-state index is 5.11. The molecule has 9 heavy (non-hydrogen) atoms. The molecule has 2 heteroatoms. The molecule has 0 heterocycles. The van der Waals surface area contributed by atoms with Crippen LogP contribution in [0.3, 0.4) is 0 Å². The third-order valence-corrected chi connectivity index (χ3v) is 0.795. The fourth-order valence-electron chi connectivity index (χ4n) is 0.413. The van der Waals surface area contributed by atoms with Crippen LogP contribution in [0.2, 0.25) is 0 Å². The first-order valence-corrected chi connectivity index (χ1v) is 3.08. The van der Waals surface area contributed by atoms with Gasteiger partial charge in [0, 0.05) is 6.08 Å². The molecule has 52 valence electrons. The summed E-state index contributed by atoms with van der Waals surface area (Å²) in [5.74, 6) is 0.687. The van der Waals surface area contributed by atoms with E-state index in [-0.39, 0.29) is 0 Å². The van der Waals surface area contributed by atoms with Crippen LogP contribution in [0.4, 0.5) is 0 Å². The Morgan fingerprint density at radius 2 is 2.44 bits per heavy atom. The average Bonchev–Trinajstić information content (AvgIpc) is 1.85. The number of allylic oxidation sites excluding steroid dienone is 1. The first kappa shape index (κ1) is 8.24. The average molecular weight is 128 g/mol. The smallest absolute Gasteiger partial charge is 0.117 e. The normalized spacial score (nSPS) is 10.0. The number of hydrogen-bond donors (Lipinski definition) is 1. The Balaban J connectivity index is 3.27. The van der Waals surface area contributed by atoms with Gasteiger partial charge in [0.1, 0.15) is 5.76 Å². The zero-order valence-electron chi connectivity index (χ0n) is 5.89.